The van der Waals surface area contributed by atoms with Crippen LogP contribution in [-0.4, -0.2) is 29.6 Å². The second-order valence-corrected chi connectivity index (χ2v) is 4.83. The van der Waals surface area contributed by atoms with Gasteiger partial charge in [0.25, 0.3) is 0 Å². The molecule has 0 amide bonds. The van der Waals surface area contributed by atoms with Crippen LogP contribution in [0, 0.1) is 0 Å². The molecule has 4 heteroatoms. The van der Waals surface area contributed by atoms with Crippen LogP contribution in [0.15, 0.2) is 29.3 Å². The molecule has 2 unspecified atom stereocenters. The van der Waals surface area contributed by atoms with E-state index in [1.807, 2.05) is 24.3 Å². The number of methoxy groups -OCH3 is 1. The Labute approximate surface area is 115 Å². The lowest BCUT2D eigenvalue weighted by Gasteiger charge is -2.13. The Bertz CT molecular complexity index is 420. The fraction of sp³-hybridized carbons (Fsp3) is 0.462. The lowest BCUT2D eigenvalue weighted by molar-refractivity contribution is 0.196. The predicted molar refractivity (Wildman–Crippen MR) is 77.4 cm³/mol. The predicted octanol–water partition coefficient (Wildman–Crippen LogP) is 3.05. The quantitative estimate of drug-likeness (QED) is 0.620. The number of benzene rings is 1. The highest BCUT2D eigenvalue weighted by molar-refractivity contribution is 14.1. The largest absolute Gasteiger partial charge is 0.497 e. The molecule has 2 rings (SSSR count). The molecule has 1 heterocycles. The molecule has 17 heavy (non-hydrogen) atoms. The van der Waals surface area contributed by atoms with Crippen molar-refractivity contribution in [2.45, 2.75) is 25.5 Å². The number of hydrogen-bond acceptors (Lipinski definition) is 3. The summed E-state index contributed by atoms with van der Waals surface area (Å²) >= 11 is 2.36. The van der Waals surface area contributed by atoms with Gasteiger partial charge in [0.1, 0.15) is 11.9 Å². The maximum atomic E-state index is 5.89. The van der Waals surface area contributed by atoms with Gasteiger partial charge in [-0.15, -0.1) is 0 Å². The lowest BCUT2D eigenvalue weighted by Crippen LogP contribution is -2.22. The van der Waals surface area contributed by atoms with Gasteiger partial charge in [0.15, 0.2) is 0 Å². The minimum absolute atomic E-state index is 0.216. The van der Waals surface area contributed by atoms with E-state index in [0.717, 1.165) is 28.1 Å². The van der Waals surface area contributed by atoms with Gasteiger partial charge in [-0.3, -0.25) is 0 Å². The van der Waals surface area contributed by atoms with Crippen molar-refractivity contribution >= 4 is 28.5 Å². The van der Waals surface area contributed by atoms with Crippen molar-refractivity contribution < 1.29 is 9.47 Å². The smallest absolute Gasteiger partial charge is 0.216 e. The summed E-state index contributed by atoms with van der Waals surface area (Å²) in [6.45, 7) is 2.13. The van der Waals surface area contributed by atoms with Gasteiger partial charge >= 0.3 is 0 Å². The van der Waals surface area contributed by atoms with Gasteiger partial charge in [-0.05, 0) is 24.6 Å². The van der Waals surface area contributed by atoms with E-state index < -0.39 is 0 Å². The van der Waals surface area contributed by atoms with Crippen molar-refractivity contribution in [1.82, 2.24) is 0 Å². The van der Waals surface area contributed by atoms with Crippen LogP contribution in [-0.2, 0) is 4.74 Å². The van der Waals surface area contributed by atoms with Gasteiger partial charge < -0.3 is 9.47 Å². The zero-order chi connectivity index (χ0) is 12.3. The zero-order valence-electron chi connectivity index (χ0n) is 10.0. The van der Waals surface area contributed by atoms with Crippen LogP contribution in [0.2, 0.25) is 0 Å². The zero-order valence-corrected chi connectivity index (χ0v) is 12.2. The van der Waals surface area contributed by atoms with E-state index >= 15 is 0 Å². The van der Waals surface area contributed by atoms with E-state index in [2.05, 4.69) is 34.5 Å². The topological polar surface area (TPSA) is 30.8 Å². The third-order valence-electron chi connectivity index (χ3n) is 2.85. The summed E-state index contributed by atoms with van der Waals surface area (Å²) in [5, 5.41) is 0. The Morgan fingerprint density at radius 3 is 2.88 bits per heavy atom. The number of hydrogen-bond donors (Lipinski definition) is 0. The Morgan fingerprint density at radius 1 is 1.47 bits per heavy atom. The van der Waals surface area contributed by atoms with E-state index in [1.54, 1.807) is 7.11 Å². The molecular formula is C13H16INO2. The fourth-order valence-corrected chi connectivity index (χ4v) is 2.64. The van der Waals surface area contributed by atoms with Gasteiger partial charge in [-0.2, -0.15) is 0 Å². The molecule has 1 aliphatic heterocycles. The molecule has 0 N–H and O–H groups in total. The minimum atomic E-state index is 0.216. The van der Waals surface area contributed by atoms with Crippen LogP contribution in [0.4, 0.5) is 0 Å². The molecule has 0 fully saturated rings. The highest BCUT2D eigenvalue weighted by Crippen LogP contribution is 2.23. The summed E-state index contributed by atoms with van der Waals surface area (Å²) < 4.78 is 12.1. The molecule has 1 aromatic carbocycles. The third-order valence-corrected chi connectivity index (χ3v) is 3.75. The van der Waals surface area contributed by atoms with Crippen molar-refractivity contribution in [1.29, 1.82) is 0 Å². The number of aliphatic imine (C=N–C) groups is 1. The first kappa shape index (κ1) is 12.7. The maximum Gasteiger partial charge on any atom is 0.216 e. The third kappa shape index (κ3) is 2.73. The number of nitrogens with zero attached hydrogens (tertiary/aromatic N) is 1. The standard InChI is InChI=1S/C13H16INO2/c1-3-12-11(8-14)15-13(17-12)9-5-4-6-10(7-9)16-2/h4-7,11-12H,3,8H2,1-2H3. The van der Waals surface area contributed by atoms with Crippen LogP contribution >= 0.6 is 22.6 Å². The van der Waals surface area contributed by atoms with E-state index in [4.69, 9.17) is 9.47 Å². The molecule has 2 atom stereocenters. The van der Waals surface area contributed by atoms with Crippen LogP contribution < -0.4 is 4.74 Å². The Kier molecular flexibility index (Phi) is 4.25. The van der Waals surface area contributed by atoms with Crippen LogP contribution in [0.25, 0.3) is 0 Å². The molecule has 0 bridgehead atoms. The second-order valence-electron chi connectivity index (χ2n) is 3.95. The summed E-state index contributed by atoms with van der Waals surface area (Å²) in [5.74, 6) is 1.58. The Hall–Kier alpha value is -0.780. The van der Waals surface area contributed by atoms with E-state index in [-0.39, 0.29) is 12.1 Å². The number of halogens is 1. The summed E-state index contributed by atoms with van der Waals surface area (Å²) in [7, 11) is 1.67. The molecule has 0 spiro atoms. The van der Waals surface area contributed by atoms with Crippen molar-refractivity contribution in [3.05, 3.63) is 29.8 Å². The van der Waals surface area contributed by atoms with E-state index in [0.29, 0.717) is 0 Å². The SMILES string of the molecule is CCC1OC(c2cccc(OC)c2)=NC1CI. The molecule has 3 nitrogen and oxygen atoms in total. The second kappa shape index (κ2) is 5.71. The first-order valence-corrected chi connectivity index (χ1v) is 7.26. The molecule has 1 aliphatic rings. The van der Waals surface area contributed by atoms with Gasteiger partial charge in [0.2, 0.25) is 5.90 Å². The number of rotatable bonds is 4. The summed E-state index contributed by atoms with van der Waals surface area (Å²) in [5.41, 5.74) is 0.996. The summed E-state index contributed by atoms with van der Waals surface area (Å²) in [4.78, 5) is 4.64. The Balaban J connectivity index is 2.23. The van der Waals surface area contributed by atoms with Gasteiger partial charge in [0.05, 0.1) is 13.2 Å². The average Bonchev–Trinajstić information content (AvgIpc) is 2.82. The maximum absolute atomic E-state index is 5.89. The van der Waals surface area contributed by atoms with Crippen LogP contribution in [0.5, 0.6) is 5.75 Å². The summed E-state index contributed by atoms with van der Waals surface area (Å²) in [6.07, 6.45) is 1.21. The first-order valence-electron chi connectivity index (χ1n) is 5.73. The molecule has 92 valence electrons. The van der Waals surface area contributed by atoms with Gasteiger partial charge in [-0.25, -0.2) is 4.99 Å². The van der Waals surface area contributed by atoms with Crippen LogP contribution in [0.3, 0.4) is 0 Å². The lowest BCUT2D eigenvalue weighted by atomic mass is 10.1. The monoisotopic (exact) mass is 345 g/mol. The first-order chi connectivity index (χ1) is 8.28. The summed E-state index contributed by atoms with van der Waals surface area (Å²) in [6, 6.07) is 8.12. The van der Waals surface area contributed by atoms with Crippen molar-refractivity contribution in [3.63, 3.8) is 0 Å². The number of alkyl halides is 1. The molecule has 1 aromatic rings. The molecule has 0 radical (unpaired) electrons. The molecular weight excluding hydrogens is 329 g/mol. The van der Waals surface area contributed by atoms with Crippen molar-refractivity contribution in [3.8, 4) is 5.75 Å². The van der Waals surface area contributed by atoms with Crippen molar-refractivity contribution in [2.75, 3.05) is 11.5 Å². The van der Waals surface area contributed by atoms with Gasteiger partial charge in [0, 0.05) is 9.99 Å². The van der Waals surface area contributed by atoms with Crippen molar-refractivity contribution in [2.24, 2.45) is 4.99 Å². The van der Waals surface area contributed by atoms with E-state index in [9.17, 15) is 0 Å². The molecule has 0 saturated carbocycles. The highest BCUT2D eigenvalue weighted by atomic mass is 127. The normalized spacial score (nSPS) is 23.1. The molecule has 0 saturated heterocycles. The van der Waals surface area contributed by atoms with E-state index in [1.165, 1.54) is 0 Å². The fourth-order valence-electron chi connectivity index (χ4n) is 1.87. The molecule has 0 aromatic heterocycles. The average molecular weight is 345 g/mol. The Morgan fingerprint density at radius 2 is 2.29 bits per heavy atom. The van der Waals surface area contributed by atoms with Crippen LogP contribution in [0.1, 0.15) is 18.9 Å². The highest BCUT2D eigenvalue weighted by Gasteiger charge is 2.29. The minimum Gasteiger partial charge on any atom is -0.497 e. The number of ether oxygens (including phenoxy) is 2. The molecule has 0 aliphatic carbocycles. The van der Waals surface area contributed by atoms with Gasteiger partial charge in [-0.1, -0.05) is 35.6 Å².